The maximum absolute atomic E-state index is 11.9. The van der Waals surface area contributed by atoms with E-state index in [1.54, 1.807) is 25.1 Å². The number of hydrogen-bond donors (Lipinski definition) is 2. The average molecular weight is 304 g/mol. The highest BCUT2D eigenvalue weighted by Gasteiger charge is 2.06. The molecule has 6 heteroatoms. The number of halogens is 1. The molecule has 2 rings (SSSR count). The van der Waals surface area contributed by atoms with Crippen molar-refractivity contribution in [2.45, 2.75) is 6.92 Å². The predicted octanol–water partition coefficient (Wildman–Crippen LogP) is 2.66. The first-order valence-electron chi connectivity index (χ1n) is 6.12. The summed E-state index contributed by atoms with van der Waals surface area (Å²) in [6.07, 6.45) is 0. The molecule has 0 atom stereocenters. The number of anilines is 2. The number of rotatable bonds is 3. The molecule has 2 N–H and O–H groups in total. The Kier molecular flexibility index (Phi) is 4.45. The summed E-state index contributed by atoms with van der Waals surface area (Å²) in [5, 5.41) is 16.5. The summed E-state index contributed by atoms with van der Waals surface area (Å²) in [6, 6.07) is 10.4. The van der Waals surface area contributed by atoms with Gasteiger partial charge in [-0.3, -0.25) is 0 Å². The van der Waals surface area contributed by atoms with Crippen LogP contribution in [0.4, 0.5) is 16.2 Å². The SMILES string of the molecule is Cc1c(Cl)cccc1NC(=O)Nc1ccc(C(=O)[O-])cc1. The van der Waals surface area contributed by atoms with Crippen molar-refractivity contribution >= 4 is 35.0 Å². The maximum atomic E-state index is 11.9. The van der Waals surface area contributed by atoms with E-state index in [1.165, 1.54) is 24.3 Å². The van der Waals surface area contributed by atoms with Crippen LogP contribution in [0, 0.1) is 6.92 Å². The van der Waals surface area contributed by atoms with Gasteiger partial charge in [0, 0.05) is 16.4 Å². The summed E-state index contributed by atoms with van der Waals surface area (Å²) in [5.41, 5.74) is 1.89. The van der Waals surface area contributed by atoms with E-state index in [1.807, 2.05) is 0 Å². The lowest BCUT2D eigenvalue weighted by Crippen LogP contribution is -2.22. The van der Waals surface area contributed by atoms with E-state index < -0.39 is 12.0 Å². The van der Waals surface area contributed by atoms with Crippen molar-refractivity contribution in [1.29, 1.82) is 0 Å². The summed E-state index contributed by atoms with van der Waals surface area (Å²) in [4.78, 5) is 22.5. The van der Waals surface area contributed by atoms with Gasteiger partial charge in [-0.25, -0.2) is 4.79 Å². The topological polar surface area (TPSA) is 81.3 Å². The Hall–Kier alpha value is -2.53. The predicted molar refractivity (Wildman–Crippen MR) is 79.6 cm³/mol. The average Bonchev–Trinajstić information content (AvgIpc) is 2.44. The molecule has 0 aliphatic heterocycles. The van der Waals surface area contributed by atoms with Crippen LogP contribution < -0.4 is 15.7 Å². The molecule has 0 fully saturated rings. The van der Waals surface area contributed by atoms with Crippen LogP contribution in [0.25, 0.3) is 0 Å². The largest absolute Gasteiger partial charge is 0.545 e. The number of aromatic carboxylic acids is 1. The first-order valence-corrected chi connectivity index (χ1v) is 6.49. The zero-order valence-corrected chi connectivity index (χ0v) is 11.9. The van der Waals surface area contributed by atoms with Crippen molar-refractivity contribution in [2.75, 3.05) is 10.6 Å². The van der Waals surface area contributed by atoms with Crippen LogP contribution >= 0.6 is 11.6 Å². The number of carbonyl (C=O) groups excluding carboxylic acids is 2. The van der Waals surface area contributed by atoms with E-state index in [2.05, 4.69) is 10.6 Å². The standard InChI is InChI=1S/C15H13ClN2O3/c1-9-12(16)3-2-4-13(9)18-15(21)17-11-7-5-10(6-8-11)14(19)20/h2-8H,1H3,(H,19,20)(H2,17,18,21)/p-1. The highest BCUT2D eigenvalue weighted by Crippen LogP contribution is 2.23. The Morgan fingerprint density at radius 1 is 1.05 bits per heavy atom. The third kappa shape index (κ3) is 3.73. The maximum Gasteiger partial charge on any atom is 0.323 e. The molecule has 2 aromatic rings. The number of urea groups is 1. The molecule has 0 bridgehead atoms. The van der Waals surface area contributed by atoms with E-state index in [-0.39, 0.29) is 5.56 Å². The van der Waals surface area contributed by atoms with Crippen molar-refractivity contribution < 1.29 is 14.7 Å². The Labute approximate surface area is 126 Å². The van der Waals surface area contributed by atoms with Gasteiger partial charge in [0.1, 0.15) is 0 Å². The first kappa shape index (κ1) is 14.9. The monoisotopic (exact) mass is 303 g/mol. The van der Waals surface area contributed by atoms with Crippen molar-refractivity contribution in [1.82, 2.24) is 0 Å². The quantitative estimate of drug-likeness (QED) is 0.914. The Bertz CT molecular complexity index is 684. The summed E-state index contributed by atoms with van der Waals surface area (Å²) in [7, 11) is 0. The van der Waals surface area contributed by atoms with Crippen LogP contribution in [0.2, 0.25) is 5.02 Å². The fourth-order valence-corrected chi connectivity index (χ4v) is 1.89. The summed E-state index contributed by atoms with van der Waals surface area (Å²) >= 11 is 5.97. The molecule has 0 saturated carbocycles. The van der Waals surface area contributed by atoms with Gasteiger partial charge in [-0.1, -0.05) is 29.8 Å². The van der Waals surface area contributed by atoms with Crippen molar-refractivity contribution in [3.8, 4) is 0 Å². The van der Waals surface area contributed by atoms with Crippen LogP contribution in [0.5, 0.6) is 0 Å². The minimum absolute atomic E-state index is 0.0478. The minimum atomic E-state index is -1.26. The number of amides is 2. The summed E-state index contributed by atoms with van der Waals surface area (Å²) < 4.78 is 0. The summed E-state index contributed by atoms with van der Waals surface area (Å²) in [6.45, 7) is 1.80. The van der Waals surface area contributed by atoms with Crippen molar-refractivity contribution in [3.05, 3.63) is 58.6 Å². The minimum Gasteiger partial charge on any atom is -0.545 e. The fraction of sp³-hybridized carbons (Fsp3) is 0.0667. The number of carboxylic acids is 1. The third-order valence-corrected chi connectivity index (χ3v) is 3.30. The Morgan fingerprint density at radius 3 is 2.33 bits per heavy atom. The zero-order chi connectivity index (χ0) is 15.4. The van der Waals surface area contributed by atoms with E-state index >= 15 is 0 Å². The molecular formula is C15H12ClN2O3-. The van der Waals surface area contributed by atoms with Gasteiger partial charge in [0.15, 0.2) is 0 Å². The number of benzene rings is 2. The van der Waals surface area contributed by atoms with Gasteiger partial charge in [0.25, 0.3) is 0 Å². The smallest absolute Gasteiger partial charge is 0.323 e. The number of nitrogens with one attached hydrogen (secondary N) is 2. The molecule has 0 aliphatic rings. The molecular weight excluding hydrogens is 292 g/mol. The van der Waals surface area contributed by atoms with Gasteiger partial charge in [-0.2, -0.15) is 0 Å². The number of carboxylic acid groups (broad SMARTS) is 1. The van der Waals surface area contributed by atoms with Gasteiger partial charge < -0.3 is 20.5 Å². The second-order valence-electron chi connectivity index (χ2n) is 4.36. The first-order chi connectivity index (χ1) is 9.97. The van der Waals surface area contributed by atoms with E-state index in [0.717, 1.165) is 5.56 Å². The molecule has 5 nitrogen and oxygen atoms in total. The Balaban J connectivity index is 2.04. The van der Waals surface area contributed by atoms with Crippen LogP contribution in [0.1, 0.15) is 15.9 Å². The molecule has 0 aliphatic carbocycles. The van der Waals surface area contributed by atoms with Gasteiger partial charge >= 0.3 is 6.03 Å². The van der Waals surface area contributed by atoms with E-state index in [4.69, 9.17) is 11.6 Å². The lowest BCUT2D eigenvalue weighted by molar-refractivity contribution is -0.255. The summed E-state index contributed by atoms with van der Waals surface area (Å²) in [5.74, 6) is -1.26. The van der Waals surface area contributed by atoms with Crippen molar-refractivity contribution in [3.63, 3.8) is 0 Å². The zero-order valence-electron chi connectivity index (χ0n) is 11.1. The van der Waals surface area contributed by atoms with Gasteiger partial charge in [0.2, 0.25) is 0 Å². The highest BCUT2D eigenvalue weighted by atomic mass is 35.5. The highest BCUT2D eigenvalue weighted by molar-refractivity contribution is 6.31. The molecule has 0 aromatic heterocycles. The molecule has 108 valence electrons. The third-order valence-electron chi connectivity index (χ3n) is 2.89. The van der Waals surface area contributed by atoms with Crippen LogP contribution in [0.3, 0.4) is 0 Å². The van der Waals surface area contributed by atoms with E-state index in [9.17, 15) is 14.7 Å². The van der Waals surface area contributed by atoms with Gasteiger partial charge in [-0.15, -0.1) is 0 Å². The fourth-order valence-electron chi connectivity index (χ4n) is 1.72. The van der Waals surface area contributed by atoms with Crippen LogP contribution in [0.15, 0.2) is 42.5 Å². The van der Waals surface area contributed by atoms with Crippen LogP contribution in [-0.4, -0.2) is 12.0 Å². The molecule has 0 heterocycles. The molecule has 21 heavy (non-hydrogen) atoms. The number of carbonyl (C=O) groups is 2. The van der Waals surface area contributed by atoms with Crippen molar-refractivity contribution in [2.24, 2.45) is 0 Å². The normalized spacial score (nSPS) is 10.0. The second-order valence-corrected chi connectivity index (χ2v) is 4.76. The second kappa shape index (κ2) is 6.28. The Morgan fingerprint density at radius 2 is 1.71 bits per heavy atom. The van der Waals surface area contributed by atoms with Gasteiger partial charge in [0.05, 0.1) is 5.97 Å². The van der Waals surface area contributed by atoms with Crippen LogP contribution in [-0.2, 0) is 0 Å². The lowest BCUT2D eigenvalue weighted by Gasteiger charge is -2.11. The van der Waals surface area contributed by atoms with E-state index in [0.29, 0.717) is 16.4 Å². The van der Waals surface area contributed by atoms with Gasteiger partial charge in [-0.05, 0) is 42.3 Å². The molecule has 0 unspecified atom stereocenters. The molecule has 2 aromatic carbocycles. The molecule has 2 amide bonds. The molecule has 0 saturated heterocycles. The molecule has 0 spiro atoms. The molecule has 0 radical (unpaired) electrons. The lowest BCUT2D eigenvalue weighted by atomic mass is 10.2. The number of hydrogen-bond acceptors (Lipinski definition) is 3.